The van der Waals surface area contributed by atoms with Crippen LogP contribution in [-0.2, 0) is 6.54 Å². The van der Waals surface area contributed by atoms with Gasteiger partial charge in [0.1, 0.15) is 11.5 Å². The van der Waals surface area contributed by atoms with Crippen molar-refractivity contribution in [2.75, 3.05) is 26.7 Å². The molecule has 2 aromatic heterocycles. The zero-order valence-corrected chi connectivity index (χ0v) is 17.6. The number of nitrogens with one attached hydrogen (secondary N) is 2. The fourth-order valence-corrected chi connectivity index (χ4v) is 4.65. The summed E-state index contributed by atoms with van der Waals surface area (Å²) in [5.74, 6) is -0.677. The number of amides is 1. The molecule has 1 aliphatic heterocycles. The number of benzene rings is 2. The van der Waals surface area contributed by atoms with Gasteiger partial charge in [0.2, 0.25) is 0 Å². The number of hydrogen-bond donors (Lipinski definition) is 3. The third-order valence-corrected chi connectivity index (χ3v) is 6.22. The van der Waals surface area contributed by atoms with Gasteiger partial charge in [0, 0.05) is 48.8 Å². The molecule has 0 unspecified atom stereocenters. The van der Waals surface area contributed by atoms with Crippen LogP contribution in [0.1, 0.15) is 27.8 Å². The highest BCUT2D eigenvalue weighted by molar-refractivity contribution is 5.98. The molecule has 3 N–H and O–H groups in total. The zero-order chi connectivity index (χ0) is 22.4. The first kappa shape index (κ1) is 20.4. The molecule has 1 atom stereocenters. The van der Waals surface area contributed by atoms with E-state index < -0.39 is 11.9 Å². The summed E-state index contributed by atoms with van der Waals surface area (Å²) in [5, 5.41) is 11.3. The molecule has 32 heavy (non-hydrogen) atoms. The van der Waals surface area contributed by atoms with Gasteiger partial charge >= 0.3 is 0 Å². The van der Waals surface area contributed by atoms with E-state index in [4.69, 9.17) is 0 Å². The number of rotatable bonds is 4. The SMILES string of the molecule is CN(C(=O)c1cc2ccccc2[nH]1)[C@H]1CN(CCO)Cc2[nH]c(=O)c3cc(F)ccc3c21. The number of halogens is 1. The van der Waals surface area contributed by atoms with Crippen LogP contribution < -0.4 is 5.56 Å². The van der Waals surface area contributed by atoms with E-state index in [0.29, 0.717) is 36.4 Å². The van der Waals surface area contributed by atoms with Crippen molar-refractivity contribution in [2.45, 2.75) is 12.6 Å². The van der Waals surface area contributed by atoms with Crippen molar-refractivity contribution < 1.29 is 14.3 Å². The Kier molecular flexibility index (Phi) is 5.03. The number of aliphatic hydroxyl groups excluding tert-OH is 1. The molecule has 0 aliphatic carbocycles. The van der Waals surface area contributed by atoms with Crippen molar-refractivity contribution in [3.05, 3.63) is 81.7 Å². The first-order valence-electron chi connectivity index (χ1n) is 10.5. The van der Waals surface area contributed by atoms with Crippen molar-refractivity contribution in [3.8, 4) is 0 Å². The molecule has 4 aromatic rings. The van der Waals surface area contributed by atoms with Crippen LogP contribution >= 0.6 is 0 Å². The Morgan fingerprint density at radius 1 is 1.19 bits per heavy atom. The molecule has 0 saturated carbocycles. The van der Waals surface area contributed by atoms with Crippen LogP contribution in [0.3, 0.4) is 0 Å². The normalized spacial score (nSPS) is 16.4. The number of hydrogen-bond acceptors (Lipinski definition) is 4. The summed E-state index contributed by atoms with van der Waals surface area (Å²) in [7, 11) is 1.73. The van der Waals surface area contributed by atoms with Crippen LogP contribution in [-0.4, -0.2) is 57.5 Å². The van der Waals surface area contributed by atoms with E-state index in [0.717, 1.165) is 16.5 Å². The highest BCUT2D eigenvalue weighted by Gasteiger charge is 2.33. The molecule has 1 aliphatic rings. The van der Waals surface area contributed by atoms with Gasteiger partial charge < -0.3 is 20.0 Å². The highest BCUT2D eigenvalue weighted by atomic mass is 19.1. The lowest BCUT2D eigenvalue weighted by Gasteiger charge is -2.39. The van der Waals surface area contributed by atoms with Crippen LogP contribution in [0.5, 0.6) is 0 Å². The summed E-state index contributed by atoms with van der Waals surface area (Å²) in [4.78, 5) is 35.8. The van der Waals surface area contributed by atoms with Crippen molar-refractivity contribution >= 4 is 27.6 Å². The molecule has 0 bridgehead atoms. The number of β-amino-alcohol motifs (C(OH)–C–C–N with tert-alkyl or cyclic N) is 1. The molecule has 164 valence electrons. The molecule has 7 nitrogen and oxygen atoms in total. The molecule has 8 heteroatoms. The van der Waals surface area contributed by atoms with Gasteiger partial charge in [-0.2, -0.15) is 0 Å². The van der Waals surface area contributed by atoms with E-state index >= 15 is 0 Å². The second-order valence-corrected chi connectivity index (χ2v) is 8.20. The van der Waals surface area contributed by atoms with Crippen molar-refractivity contribution in [1.29, 1.82) is 0 Å². The van der Waals surface area contributed by atoms with E-state index in [-0.39, 0.29) is 23.5 Å². The number of carbonyl (C=O) groups excluding carboxylic acids is 1. The Hall–Kier alpha value is -3.49. The highest BCUT2D eigenvalue weighted by Crippen LogP contribution is 2.34. The first-order chi connectivity index (χ1) is 15.5. The van der Waals surface area contributed by atoms with Gasteiger partial charge in [-0.1, -0.05) is 24.3 Å². The number of carbonyl (C=O) groups is 1. The smallest absolute Gasteiger partial charge is 0.270 e. The van der Waals surface area contributed by atoms with Crippen LogP contribution in [0.4, 0.5) is 4.39 Å². The predicted octanol–water partition coefficient (Wildman–Crippen LogP) is 2.77. The van der Waals surface area contributed by atoms with Gasteiger partial charge in [0.05, 0.1) is 18.0 Å². The average molecular weight is 434 g/mol. The summed E-state index contributed by atoms with van der Waals surface area (Å²) >= 11 is 0. The van der Waals surface area contributed by atoms with E-state index in [1.165, 1.54) is 12.1 Å². The number of nitrogens with zero attached hydrogens (tertiary/aromatic N) is 2. The summed E-state index contributed by atoms with van der Waals surface area (Å²) in [6.07, 6.45) is 0. The second-order valence-electron chi connectivity index (χ2n) is 8.20. The van der Waals surface area contributed by atoms with Crippen LogP contribution in [0, 0.1) is 5.82 Å². The summed E-state index contributed by atoms with van der Waals surface area (Å²) < 4.78 is 13.9. The fourth-order valence-electron chi connectivity index (χ4n) is 4.65. The topological polar surface area (TPSA) is 92.4 Å². The molecular weight excluding hydrogens is 411 g/mol. The first-order valence-corrected chi connectivity index (χ1v) is 10.5. The molecular formula is C24H23FN4O3. The maximum atomic E-state index is 13.9. The lowest BCUT2D eigenvalue weighted by Crippen LogP contribution is -2.44. The summed E-state index contributed by atoms with van der Waals surface area (Å²) in [5.41, 5.74) is 2.46. The zero-order valence-electron chi connectivity index (χ0n) is 17.6. The van der Waals surface area contributed by atoms with E-state index in [1.54, 1.807) is 18.0 Å². The Bertz CT molecular complexity index is 1360. The van der Waals surface area contributed by atoms with Gasteiger partial charge in [0.25, 0.3) is 11.5 Å². The number of para-hydroxylation sites is 1. The van der Waals surface area contributed by atoms with Gasteiger partial charge in [-0.3, -0.25) is 14.5 Å². The lowest BCUT2D eigenvalue weighted by atomic mass is 9.92. The predicted molar refractivity (Wildman–Crippen MR) is 120 cm³/mol. The molecule has 0 saturated heterocycles. The number of aliphatic hydroxyl groups is 1. The third kappa shape index (κ3) is 3.37. The Morgan fingerprint density at radius 2 is 2.00 bits per heavy atom. The quantitative estimate of drug-likeness (QED) is 0.461. The minimum Gasteiger partial charge on any atom is -0.395 e. The maximum Gasteiger partial charge on any atom is 0.270 e. The summed E-state index contributed by atoms with van der Waals surface area (Å²) in [6, 6.07) is 13.3. The number of H-pyrrole nitrogens is 2. The number of aromatic amines is 2. The standard InChI is InChI=1S/C24H23FN4O3/c1-28(24(32)19-10-14-4-2-3-5-18(14)26-19)21-13-29(8-9-30)12-20-22(21)16-7-6-15(25)11-17(16)23(31)27-20/h2-7,10-11,21,26,30H,8-9,12-13H2,1H3,(H,27,31)/t21-/m0/s1. The number of fused-ring (bicyclic) bond motifs is 4. The average Bonchev–Trinajstić information content (AvgIpc) is 3.22. The Morgan fingerprint density at radius 3 is 2.78 bits per heavy atom. The third-order valence-electron chi connectivity index (χ3n) is 6.22. The van der Waals surface area contributed by atoms with Crippen LogP contribution in [0.2, 0.25) is 0 Å². The molecule has 0 fully saturated rings. The van der Waals surface area contributed by atoms with Crippen molar-refractivity contribution in [1.82, 2.24) is 19.8 Å². The largest absolute Gasteiger partial charge is 0.395 e. The summed E-state index contributed by atoms with van der Waals surface area (Å²) in [6.45, 7) is 1.29. The minimum atomic E-state index is -0.486. The van der Waals surface area contributed by atoms with E-state index in [2.05, 4.69) is 9.97 Å². The molecule has 3 heterocycles. The van der Waals surface area contributed by atoms with Gasteiger partial charge in [-0.05, 0) is 29.7 Å². The van der Waals surface area contributed by atoms with Crippen LogP contribution in [0.15, 0.2) is 53.3 Å². The van der Waals surface area contributed by atoms with Gasteiger partial charge in [0.15, 0.2) is 0 Å². The second kappa shape index (κ2) is 7.89. The van der Waals surface area contributed by atoms with Crippen LogP contribution in [0.25, 0.3) is 21.7 Å². The van der Waals surface area contributed by atoms with E-state index in [1.807, 2.05) is 35.2 Å². The van der Waals surface area contributed by atoms with E-state index in [9.17, 15) is 19.1 Å². The van der Waals surface area contributed by atoms with Crippen molar-refractivity contribution in [3.63, 3.8) is 0 Å². The van der Waals surface area contributed by atoms with Crippen molar-refractivity contribution in [2.24, 2.45) is 0 Å². The maximum absolute atomic E-state index is 13.9. The molecule has 5 rings (SSSR count). The number of aromatic nitrogens is 2. The molecule has 0 spiro atoms. The Balaban J connectivity index is 1.62. The number of pyridine rings is 1. The molecule has 2 aromatic carbocycles. The fraction of sp³-hybridized carbons (Fsp3) is 0.250. The molecule has 1 amide bonds. The van der Waals surface area contributed by atoms with Gasteiger partial charge in [-0.25, -0.2) is 4.39 Å². The lowest BCUT2D eigenvalue weighted by molar-refractivity contribution is 0.0636. The van der Waals surface area contributed by atoms with Gasteiger partial charge in [-0.15, -0.1) is 0 Å². The molecule has 0 radical (unpaired) electrons. The Labute approximate surface area is 183 Å². The monoisotopic (exact) mass is 434 g/mol. The minimum absolute atomic E-state index is 0.0369. The number of likely N-dealkylation sites (N-methyl/N-ethyl adjacent to an activating group) is 1.